The second-order valence-electron chi connectivity index (χ2n) is 7.49. The van der Waals surface area contributed by atoms with E-state index in [1.807, 2.05) is 91.0 Å². The lowest BCUT2D eigenvalue weighted by atomic mass is 10.0. The van der Waals surface area contributed by atoms with Crippen LogP contribution in [0.4, 0.5) is 0 Å². The molecule has 5 rings (SSSR count). The Morgan fingerprint density at radius 3 is 2.03 bits per heavy atom. The van der Waals surface area contributed by atoms with Crippen LogP contribution < -0.4 is 0 Å². The number of nitriles is 1. The molecule has 1 heterocycles. The molecule has 1 atom stereocenters. The number of hydrogen-bond acceptors (Lipinski definition) is 3. The van der Waals surface area contributed by atoms with Crippen molar-refractivity contribution in [2.45, 2.75) is 12.5 Å². The number of furan rings is 1. The van der Waals surface area contributed by atoms with Gasteiger partial charge in [-0.05, 0) is 23.8 Å². The largest absolute Gasteiger partial charge is 0.456 e. The van der Waals surface area contributed by atoms with Crippen LogP contribution in [-0.4, -0.2) is 11.8 Å². The number of aliphatic imine (C=N–C) groups is 1. The van der Waals surface area contributed by atoms with Crippen LogP contribution >= 0.6 is 0 Å². The first-order valence-electron chi connectivity index (χ1n) is 10.3. The minimum atomic E-state index is -0.494. The molecule has 0 aliphatic heterocycles. The molecule has 0 fully saturated rings. The van der Waals surface area contributed by atoms with E-state index in [1.165, 1.54) is 0 Å². The predicted molar refractivity (Wildman–Crippen MR) is 125 cm³/mol. The fraction of sp³-hybridized carbons (Fsp3) is 0.0714. The number of fused-ring (bicyclic) bond motifs is 3. The maximum atomic E-state index is 9.90. The summed E-state index contributed by atoms with van der Waals surface area (Å²) in [5, 5.41) is 12.1. The first-order valence-corrected chi connectivity index (χ1v) is 10.3. The zero-order chi connectivity index (χ0) is 21.0. The normalized spacial score (nSPS) is 11.8. The molecular formula is C28H20N2O. The third-order valence-corrected chi connectivity index (χ3v) is 5.40. The molecule has 0 saturated carbocycles. The molecular weight excluding hydrogens is 380 g/mol. The summed E-state index contributed by atoms with van der Waals surface area (Å²) < 4.78 is 5.93. The average molecular weight is 400 g/mol. The third-order valence-electron chi connectivity index (χ3n) is 5.40. The Bertz CT molecular complexity index is 1370. The molecule has 148 valence electrons. The average Bonchev–Trinajstić information content (AvgIpc) is 3.21. The Balaban J connectivity index is 1.53. The summed E-state index contributed by atoms with van der Waals surface area (Å²) >= 11 is 0. The summed E-state index contributed by atoms with van der Waals surface area (Å²) in [6, 6.07) is 36.1. The molecule has 3 nitrogen and oxygen atoms in total. The van der Waals surface area contributed by atoms with E-state index >= 15 is 0 Å². The van der Waals surface area contributed by atoms with Gasteiger partial charge < -0.3 is 4.42 Å². The molecule has 5 aromatic rings. The van der Waals surface area contributed by atoms with E-state index in [9.17, 15) is 5.26 Å². The topological polar surface area (TPSA) is 49.3 Å². The van der Waals surface area contributed by atoms with Gasteiger partial charge in [0, 0.05) is 28.3 Å². The molecule has 0 bridgehead atoms. The van der Waals surface area contributed by atoms with Crippen LogP contribution in [-0.2, 0) is 6.42 Å². The maximum Gasteiger partial charge on any atom is 0.141 e. The molecule has 0 amide bonds. The Labute approximate surface area is 180 Å². The molecule has 4 aromatic carbocycles. The highest BCUT2D eigenvalue weighted by Gasteiger charge is 2.14. The van der Waals surface area contributed by atoms with Gasteiger partial charge in [-0.25, -0.2) is 0 Å². The van der Waals surface area contributed by atoms with Gasteiger partial charge in [0.05, 0.1) is 11.8 Å². The fourth-order valence-electron chi connectivity index (χ4n) is 3.91. The van der Waals surface area contributed by atoms with Gasteiger partial charge in [-0.2, -0.15) is 5.26 Å². The smallest absolute Gasteiger partial charge is 0.141 e. The van der Waals surface area contributed by atoms with E-state index in [2.05, 4.69) is 18.2 Å². The van der Waals surface area contributed by atoms with Crippen molar-refractivity contribution in [2.24, 2.45) is 4.99 Å². The molecule has 1 aromatic heterocycles. The third kappa shape index (κ3) is 3.84. The second kappa shape index (κ2) is 8.30. The summed E-state index contributed by atoms with van der Waals surface area (Å²) in [4.78, 5) is 4.89. The van der Waals surface area contributed by atoms with E-state index in [0.717, 1.165) is 44.3 Å². The molecule has 31 heavy (non-hydrogen) atoms. The molecule has 0 spiro atoms. The summed E-state index contributed by atoms with van der Waals surface area (Å²) in [6.07, 6.45) is 0.537. The van der Waals surface area contributed by atoms with Gasteiger partial charge in [-0.1, -0.05) is 84.9 Å². The summed E-state index contributed by atoms with van der Waals surface area (Å²) in [7, 11) is 0. The lowest BCUT2D eigenvalue weighted by Crippen LogP contribution is -2.12. The number of nitrogens with zero attached hydrogens (tertiary/aromatic N) is 2. The van der Waals surface area contributed by atoms with Crippen LogP contribution in [0.1, 0.15) is 16.7 Å². The highest BCUT2D eigenvalue weighted by Crippen LogP contribution is 2.29. The minimum Gasteiger partial charge on any atom is -0.456 e. The van der Waals surface area contributed by atoms with Crippen LogP contribution in [0.25, 0.3) is 21.9 Å². The van der Waals surface area contributed by atoms with Gasteiger partial charge in [0.2, 0.25) is 0 Å². The lowest BCUT2D eigenvalue weighted by Gasteiger charge is -2.11. The van der Waals surface area contributed by atoms with Gasteiger partial charge in [-0.3, -0.25) is 4.99 Å². The number of rotatable bonds is 5. The van der Waals surface area contributed by atoms with E-state index in [0.29, 0.717) is 6.42 Å². The molecule has 0 saturated heterocycles. The van der Waals surface area contributed by atoms with Crippen molar-refractivity contribution in [1.82, 2.24) is 0 Å². The zero-order valence-electron chi connectivity index (χ0n) is 16.9. The summed E-state index contributed by atoms with van der Waals surface area (Å²) in [5.41, 5.74) is 5.64. The monoisotopic (exact) mass is 400 g/mol. The summed E-state index contributed by atoms with van der Waals surface area (Å²) in [6.45, 7) is 0. The van der Waals surface area contributed by atoms with Crippen molar-refractivity contribution in [3.05, 3.63) is 120 Å². The molecule has 0 N–H and O–H groups in total. The lowest BCUT2D eigenvalue weighted by molar-refractivity contribution is 0.668. The van der Waals surface area contributed by atoms with Crippen LogP contribution in [0, 0.1) is 11.3 Å². The van der Waals surface area contributed by atoms with Crippen molar-refractivity contribution in [3.63, 3.8) is 0 Å². The first-order chi connectivity index (χ1) is 15.3. The standard InChI is InChI=1S/C28H20N2O/c29-19-23(30-28(21-9-3-1-4-10-21)22-11-5-2-6-12-22)17-20-15-16-27-25(18-20)24-13-7-8-14-26(24)31-27/h1-16,18,23H,17H2. The van der Waals surface area contributed by atoms with Gasteiger partial charge in [-0.15, -0.1) is 0 Å². The quantitative estimate of drug-likeness (QED) is 0.314. The van der Waals surface area contributed by atoms with Crippen LogP contribution in [0.2, 0.25) is 0 Å². The highest BCUT2D eigenvalue weighted by molar-refractivity contribution is 6.13. The van der Waals surface area contributed by atoms with Crippen LogP contribution in [0.3, 0.4) is 0 Å². The number of benzene rings is 4. The predicted octanol–water partition coefficient (Wildman–Crippen LogP) is 6.56. The molecule has 0 aliphatic carbocycles. The van der Waals surface area contributed by atoms with Gasteiger partial charge in [0.1, 0.15) is 17.2 Å². The zero-order valence-corrected chi connectivity index (χ0v) is 16.9. The SMILES string of the molecule is N#CC(Cc1ccc2oc3ccccc3c2c1)N=C(c1ccccc1)c1ccccc1. The molecule has 3 heteroatoms. The highest BCUT2D eigenvalue weighted by atomic mass is 16.3. The van der Waals surface area contributed by atoms with Crippen molar-refractivity contribution >= 4 is 27.7 Å². The maximum absolute atomic E-state index is 9.90. The van der Waals surface area contributed by atoms with E-state index in [-0.39, 0.29) is 0 Å². The summed E-state index contributed by atoms with van der Waals surface area (Å²) in [5.74, 6) is 0. The Hall–Kier alpha value is -4.16. The second-order valence-corrected chi connectivity index (χ2v) is 7.49. The minimum absolute atomic E-state index is 0.494. The first kappa shape index (κ1) is 18.8. The fourth-order valence-corrected chi connectivity index (χ4v) is 3.91. The molecule has 0 radical (unpaired) electrons. The van der Waals surface area contributed by atoms with Crippen molar-refractivity contribution < 1.29 is 4.42 Å². The van der Waals surface area contributed by atoms with E-state index < -0.39 is 6.04 Å². The van der Waals surface area contributed by atoms with Crippen molar-refractivity contribution in [1.29, 1.82) is 5.26 Å². The van der Waals surface area contributed by atoms with Crippen LogP contribution in [0.5, 0.6) is 0 Å². The van der Waals surface area contributed by atoms with Crippen molar-refractivity contribution in [2.75, 3.05) is 0 Å². The molecule has 0 aliphatic rings. The Morgan fingerprint density at radius 2 is 1.35 bits per heavy atom. The van der Waals surface area contributed by atoms with Crippen LogP contribution in [0.15, 0.2) is 113 Å². The van der Waals surface area contributed by atoms with Gasteiger partial charge >= 0.3 is 0 Å². The van der Waals surface area contributed by atoms with Gasteiger partial charge in [0.25, 0.3) is 0 Å². The van der Waals surface area contributed by atoms with E-state index in [1.54, 1.807) is 0 Å². The van der Waals surface area contributed by atoms with Gasteiger partial charge in [0.15, 0.2) is 0 Å². The van der Waals surface area contributed by atoms with Crippen molar-refractivity contribution in [3.8, 4) is 6.07 Å². The molecule has 1 unspecified atom stereocenters. The Kier molecular flexibility index (Phi) is 5.04. The number of para-hydroxylation sites is 1. The van der Waals surface area contributed by atoms with E-state index in [4.69, 9.17) is 9.41 Å². The Morgan fingerprint density at radius 1 is 0.742 bits per heavy atom. The number of hydrogen-bond donors (Lipinski definition) is 0.